The Morgan fingerprint density at radius 2 is 2.24 bits per heavy atom. The van der Waals surface area contributed by atoms with Crippen LogP contribution in [0.15, 0.2) is 23.7 Å². The van der Waals surface area contributed by atoms with E-state index in [0.29, 0.717) is 6.04 Å². The summed E-state index contributed by atoms with van der Waals surface area (Å²) < 4.78 is 3.92. The summed E-state index contributed by atoms with van der Waals surface area (Å²) in [5.41, 5.74) is 0. The fourth-order valence-electron chi connectivity index (χ4n) is 2.56. The summed E-state index contributed by atoms with van der Waals surface area (Å²) in [5.74, 6) is 0.760. The number of hydrogen-bond acceptors (Lipinski definition) is 5. The first kappa shape index (κ1) is 11.2. The number of rotatable bonds is 4. The van der Waals surface area contributed by atoms with Crippen molar-refractivity contribution in [3.05, 3.63) is 28.6 Å². The van der Waals surface area contributed by atoms with Gasteiger partial charge in [-0.3, -0.25) is 0 Å². The molecule has 1 aliphatic carbocycles. The Kier molecular flexibility index (Phi) is 3.38. The molecule has 0 radical (unpaired) electrons. The Morgan fingerprint density at radius 1 is 1.35 bits per heavy atom. The minimum atomic E-state index is 0.444. The first-order valence-corrected chi connectivity index (χ1v) is 7.66. The topological polar surface area (TPSA) is 37.8 Å². The molecule has 1 atom stereocenters. The van der Waals surface area contributed by atoms with E-state index < -0.39 is 0 Å². The van der Waals surface area contributed by atoms with Crippen molar-refractivity contribution in [1.82, 2.24) is 9.59 Å². The molecule has 1 N–H and O–H groups in total. The van der Waals surface area contributed by atoms with E-state index in [4.69, 9.17) is 0 Å². The Morgan fingerprint density at radius 3 is 2.88 bits per heavy atom. The van der Waals surface area contributed by atoms with E-state index in [2.05, 4.69) is 32.4 Å². The summed E-state index contributed by atoms with van der Waals surface area (Å²) >= 11 is 3.28. The van der Waals surface area contributed by atoms with Gasteiger partial charge in [-0.2, -0.15) is 0 Å². The molecule has 3 nitrogen and oxygen atoms in total. The highest BCUT2D eigenvalue weighted by molar-refractivity contribution is 7.10. The van der Waals surface area contributed by atoms with Crippen LogP contribution in [0.5, 0.6) is 0 Å². The highest BCUT2D eigenvalue weighted by Gasteiger charge is 2.27. The zero-order valence-corrected chi connectivity index (χ0v) is 11.1. The molecule has 0 amide bonds. The first-order valence-electron chi connectivity index (χ1n) is 6.01. The lowest BCUT2D eigenvalue weighted by atomic mass is 9.97. The van der Waals surface area contributed by atoms with Gasteiger partial charge in [0.25, 0.3) is 0 Å². The first-order chi connectivity index (χ1) is 8.43. The van der Waals surface area contributed by atoms with Crippen LogP contribution in [-0.4, -0.2) is 9.59 Å². The molecule has 1 unspecified atom stereocenters. The molecular weight excluding hydrogens is 250 g/mol. The molecule has 0 aliphatic heterocycles. The maximum Gasteiger partial charge on any atom is 0.130 e. The normalized spacial score (nSPS) is 18.4. The van der Waals surface area contributed by atoms with Crippen molar-refractivity contribution in [2.45, 2.75) is 31.7 Å². The highest BCUT2D eigenvalue weighted by Crippen LogP contribution is 2.39. The molecule has 17 heavy (non-hydrogen) atoms. The van der Waals surface area contributed by atoms with Crippen molar-refractivity contribution in [3.63, 3.8) is 0 Å². The van der Waals surface area contributed by atoms with Gasteiger partial charge in [-0.05, 0) is 30.2 Å². The maximum absolute atomic E-state index is 3.92. The quantitative estimate of drug-likeness (QED) is 0.909. The van der Waals surface area contributed by atoms with Crippen LogP contribution in [0, 0.1) is 5.92 Å². The lowest BCUT2D eigenvalue weighted by Crippen LogP contribution is -2.17. The van der Waals surface area contributed by atoms with Crippen molar-refractivity contribution in [1.29, 1.82) is 0 Å². The summed E-state index contributed by atoms with van der Waals surface area (Å²) in [6, 6.07) is 4.81. The Bertz CT molecular complexity index is 432. The van der Waals surface area contributed by atoms with Gasteiger partial charge in [-0.15, -0.1) is 16.4 Å². The van der Waals surface area contributed by atoms with Crippen LogP contribution in [0.4, 0.5) is 5.00 Å². The minimum absolute atomic E-state index is 0.444. The molecule has 90 valence electrons. The van der Waals surface area contributed by atoms with Gasteiger partial charge in [0.15, 0.2) is 0 Å². The van der Waals surface area contributed by atoms with Crippen molar-refractivity contribution in [3.8, 4) is 0 Å². The van der Waals surface area contributed by atoms with Gasteiger partial charge in [0.05, 0.1) is 12.2 Å². The summed E-state index contributed by atoms with van der Waals surface area (Å²) in [5, 5.41) is 10.7. The minimum Gasteiger partial charge on any atom is -0.366 e. The molecule has 0 bridgehead atoms. The lowest BCUT2D eigenvalue weighted by Gasteiger charge is -2.23. The van der Waals surface area contributed by atoms with Crippen molar-refractivity contribution in [2.24, 2.45) is 5.92 Å². The van der Waals surface area contributed by atoms with E-state index >= 15 is 0 Å². The van der Waals surface area contributed by atoms with E-state index in [0.717, 1.165) is 10.9 Å². The van der Waals surface area contributed by atoms with Gasteiger partial charge in [0.1, 0.15) is 5.00 Å². The Hall–Kier alpha value is -0.940. The number of nitrogens with zero attached hydrogens (tertiary/aromatic N) is 2. The predicted molar refractivity (Wildman–Crippen MR) is 72.5 cm³/mol. The molecule has 5 heteroatoms. The second-order valence-corrected chi connectivity index (χ2v) is 6.23. The Balaban J connectivity index is 1.80. The number of nitrogens with one attached hydrogen (secondary N) is 1. The lowest BCUT2D eigenvalue weighted by molar-refractivity contribution is 0.476. The van der Waals surface area contributed by atoms with Crippen LogP contribution in [-0.2, 0) is 0 Å². The average Bonchev–Trinajstić information content (AvgIpc) is 3.09. The van der Waals surface area contributed by atoms with E-state index in [1.54, 1.807) is 0 Å². The summed E-state index contributed by atoms with van der Waals surface area (Å²) in [7, 11) is 0. The third-order valence-corrected chi connectivity index (χ3v) is 4.93. The molecule has 1 fully saturated rings. The predicted octanol–water partition coefficient (Wildman–Crippen LogP) is 3.94. The van der Waals surface area contributed by atoms with Crippen molar-refractivity contribution >= 4 is 27.9 Å². The standard InChI is InChI=1S/C12H15N3S2/c1-2-5-9(4-1)12(10-6-3-7-16-10)14-11-8-13-15-17-11/h3,6-9,12,14H,1-2,4-5H2. The van der Waals surface area contributed by atoms with Crippen LogP contribution in [0.2, 0.25) is 0 Å². The van der Waals surface area contributed by atoms with Gasteiger partial charge < -0.3 is 5.32 Å². The molecule has 3 rings (SSSR count). The smallest absolute Gasteiger partial charge is 0.130 e. The van der Waals surface area contributed by atoms with Crippen LogP contribution in [0.3, 0.4) is 0 Å². The zero-order chi connectivity index (χ0) is 11.5. The van der Waals surface area contributed by atoms with Crippen molar-refractivity contribution in [2.75, 3.05) is 5.32 Å². The average molecular weight is 265 g/mol. The van der Waals surface area contributed by atoms with E-state index in [9.17, 15) is 0 Å². The number of hydrogen-bond donors (Lipinski definition) is 1. The Labute approximate surface area is 109 Å². The summed E-state index contributed by atoms with van der Waals surface area (Å²) in [6.45, 7) is 0. The number of thiophene rings is 1. The third kappa shape index (κ3) is 2.50. The molecule has 0 spiro atoms. The third-order valence-electron chi connectivity index (χ3n) is 3.38. The van der Waals surface area contributed by atoms with Crippen LogP contribution < -0.4 is 5.32 Å². The summed E-state index contributed by atoms with van der Waals surface area (Å²) in [6.07, 6.45) is 7.23. The molecule has 2 aromatic heterocycles. The van der Waals surface area contributed by atoms with Gasteiger partial charge in [-0.25, -0.2) is 0 Å². The molecule has 2 heterocycles. The van der Waals surface area contributed by atoms with Gasteiger partial charge in [0.2, 0.25) is 0 Å². The van der Waals surface area contributed by atoms with Gasteiger partial charge >= 0.3 is 0 Å². The number of anilines is 1. The monoisotopic (exact) mass is 265 g/mol. The van der Waals surface area contributed by atoms with Crippen LogP contribution >= 0.6 is 22.9 Å². The summed E-state index contributed by atoms with van der Waals surface area (Å²) in [4.78, 5) is 1.44. The van der Waals surface area contributed by atoms with E-state index in [-0.39, 0.29) is 0 Å². The van der Waals surface area contributed by atoms with Crippen molar-refractivity contribution < 1.29 is 0 Å². The molecular formula is C12H15N3S2. The maximum atomic E-state index is 3.92. The van der Waals surface area contributed by atoms with Gasteiger partial charge in [0, 0.05) is 16.4 Å². The van der Waals surface area contributed by atoms with Crippen LogP contribution in [0.25, 0.3) is 0 Å². The molecule has 2 aromatic rings. The fourth-order valence-corrected chi connectivity index (χ4v) is 3.89. The van der Waals surface area contributed by atoms with Gasteiger partial charge in [-0.1, -0.05) is 23.4 Å². The molecule has 1 saturated carbocycles. The van der Waals surface area contributed by atoms with E-state index in [1.165, 1.54) is 42.1 Å². The second-order valence-electron chi connectivity index (χ2n) is 4.46. The molecule has 0 saturated heterocycles. The zero-order valence-electron chi connectivity index (χ0n) is 9.50. The number of aromatic nitrogens is 2. The second kappa shape index (κ2) is 5.14. The largest absolute Gasteiger partial charge is 0.366 e. The fraction of sp³-hybridized carbons (Fsp3) is 0.500. The van der Waals surface area contributed by atoms with E-state index in [1.807, 2.05) is 17.5 Å². The highest BCUT2D eigenvalue weighted by atomic mass is 32.1. The van der Waals surface area contributed by atoms with Crippen LogP contribution in [0.1, 0.15) is 36.6 Å². The SMILES string of the molecule is c1csc(C(Nc2cnns2)C2CCCC2)c1. The molecule has 0 aromatic carbocycles. The molecule has 1 aliphatic rings.